The van der Waals surface area contributed by atoms with Crippen molar-refractivity contribution in [3.05, 3.63) is 40.3 Å². The zero-order chi connectivity index (χ0) is 15.9. The quantitative estimate of drug-likeness (QED) is 0.452. The van der Waals surface area contributed by atoms with Crippen molar-refractivity contribution in [1.29, 1.82) is 0 Å². The molecule has 2 rings (SSSR count). The van der Waals surface area contributed by atoms with Crippen LogP contribution in [0.5, 0.6) is 0 Å². The Morgan fingerprint density at radius 3 is 2.77 bits per heavy atom. The summed E-state index contributed by atoms with van der Waals surface area (Å²) in [7, 11) is 1.55. The summed E-state index contributed by atoms with van der Waals surface area (Å²) >= 11 is 0. The van der Waals surface area contributed by atoms with E-state index in [1.54, 1.807) is 19.4 Å². The molecule has 0 saturated carbocycles. The SMILES string of the molecule is COCCNc1ncnc(Nc2cc(C)ccn2)c1[N+](=O)[O-]. The Hall–Kier alpha value is -2.81. The third kappa shape index (κ3) is 3.85. The molecule has 0 radical (unpaired) electrons. The van der Waals surface area contributed by atoms with Crippen LogP contribution in [0.15, 0.2) is 24.7 Å². The summed E-state index contributed by atoms with van der Waals surface area (Å²) in [4.78, 5) is 22.7. The number of pyridine rings is 1. The average Bonchev–Trinajstić information content (AvgIpc) is 2.47. The lowest BCUT2D eigenvalue weighted by Crippen LogP contribution is -2.12. The molecule has 0 aliphatic carbocycles. The predicted octanol–water partition coefficient (Wildman–Crippen LogP) is 1.89. The van der Waals surface area contributed by atoms with Crippen LogP contribution in [0.1, 0.15) is 5.56 Å². The Balaban J connectivity index is 2.30. The van der Waals surface area contributed by atoms with E-state index in [0.29, 0.717) is 19.0 Å². The van der Waals surface area contributed by atoms with Crippen LogP contribution in [0, 0.1) is 17.0 Å². The largest absolute Gasteiger partial charge is 0.383 e. The molecule has 2 heterocycles. The van der Waals surface area contributed by atoms with Crippen molar-refractivity contribution in [2.24, 2.45) is 0 Å². The van der Waals surface area contributed by atoms with Crippen molar-refractivity contribution in [2.45, 2.75) is 6.92 Å². The Morgan fingerprint density at radius 1 is 1.32 bits per heavy atom. The van der Waals surface area contributed by atoms with Gasteiger partial charge in [0.05, 0.1) is 11.5 Å². The molecular weight excluding hydrogens is 288 g/mol. The lowest BCUT2D eigenvalue weighted by atomic mass is 10.3. The van der Waals surface area contributed by atoms with Gasteiger partial charge in [0, 0.05) is 19.9 Å². The maximum atomic E-state index is 11.3. The molecule has 9 nitrogen and oxygen atoms in total. The van der Waals surface area contributed by atoms with Crippen molar-refractivity contribution in [3.8, 4) is 0 Å². The monoisotopic (exact) mass is 304 g/mol. The molecular formula is C13H16N6O3. The highest BCUT2D eigenvalue weighted by Gasteiger charge is 2.23. The van der Waals surface area contributed by atoms with E-state index in [2.05, 4.69) is 25.6 Å². The number of aromatic nitrogens is 3. The standard InChI is InChI=1S/C13H16N6O3/c1-9-3-4-14-10(7-9)18-13-11(19(20)21)12(16-8-17-13)15-5-6-22-2/h3-4,7-8H,5-6H2,1-2H3,(H2,14,15,16,17,18). The van der Waals surface area contributed by atoms with E-state index < -0.39 is 4.92 Å². The highest BCUT2D eigenvalue weighted by atomic mass is 16.6. The minimum Gasteiger partial charge on any atom is -0.383 e. The zero-order valence-electron chi connectivity index (χ0n) is 12.2. The summed E-state index contributed by atoms with van der Waals surface area (Å²) in [6, 6.07) is 3.60. The van der Waals surface area contributed by atoms with Gasteiger partial charge in [-0.1, -0.05) is 0 Å². The van der Waals surface area contributed by atoms with Crippen LogP contribution in [-0.2, 0) is 4.74 Å². The van der Waals surface area contributed by atoms with Gasteiger partial charge in [-0.05, 0) is 24.6 Å². The van der Waals surface area contributed by atoms with Gasteiger partial charge in [0.15, 0.2) is 0 Å². The van der Waals surface area contributed by atoms with E-state index in [-0.39, 0.29) is 17.3 Å². The normalized spacial score (nSPS) is 10.3. The number of aryl methyl sites for hydroxylation is 1. The fraction of sp³-hybridized carbons (Fsp3) is 0.308. The van der Waals surface area contributed by atoms with Crippen molar-refractivity contribution < 1.29 is 9.66 Å². The maximum Gasteiger partial charge on any atom is 0.353 e. The third-order valence-corrected chi connectivity index (χ3v) is 2.77. The molecule has 0 unspecified atom stereocenters. The molecule has 0 amide bonds. The summed E-state index contributed by atoms with van der Waals surface area (Å²) in [6.07, 6.45) is 2.86. The van der Waals surface area contributed by atoms with Crippen molar-refractivity contribution in [1.82, 2.24) is 15.0 Å². The number of ether oxygens (including phenoxy) is 1. The third-order valence-electron chi connectivity index (χ3n) is 2.77. The molecule has 0 fully saturated rings. The van der Waals surface area contributed by atoms with Gasteiger partial charge in [-0.3, -0.25) is 10.1 Å². The van der Waals surface area contributed by atoms with Gasteiger partial charge in [0.1, 0.15) is 12.1 Å². The van der Waals surface area contributed by atoms with Gasteiger partial charge < -0.3 is 15.4 Å². The average molecular weight is 304 g/mol. The second kappa shape index (κ2) is 7.27. The highest BCUT2D eigenvalue weighted by molar-refractivity contribution is 5.72. The molecule has 116 valence electrons. The van der Waals surface area contributed by atoms with Crippen LogP contribution in [0.2, 0.25) is 0 Å². The van der Waals surface area contributed by atoms with Gasteiger partial charge >= 0.3 is 5.69 Å². The molecule has 0 saturated heterocycles. The van der Waals surface area contributed by atoms with Gasteiger partial charge in [-0.2, -0.15) is 0 Å². The van der Waals surface area contributed by atoms with Gasteiger partial charge in [-0.25, -0.2) is 15.0 Å². The fourth-order valence-corrected chi connectivity index (χ4v) is 1.77. The molecule has 0 aliphatic heterocycles. The molecule has 9 heteroatoms. The van der Waals surface area contributed by atoms with Gasteiger partial charge in [-0.15, -0.1) is 0 Å². The maximum absolute atomic E-state index is 11.3. The second-order valence-corrected chi connectivity index (χ2v) is 4.44. The number of methoxy groups -OCH3 is 1. The van der Waals surface area contributed by atoms with E-state index in [9.17, 15) is 10.1 Å². The van der Waals surface area contributed by atoms with Crippen LogP contribution >= 0.6 is 0 Å². The van der Waals surface area contributed by atoms with Crippen LogP contribution < -0.4 is 10.6 Å². The summed E-state index contributed by atoms with van der Waals surface area (Å²) in [5, 5.41) is 17.0. The van der Waals surface area contributed by atoms with Crippen LogP contribution in [0.25, 0.3) is 0 Å². The number of nitrogens with zero attached hydrogens (tertiary/aromatic N) is 4. The zero-order valence-corrected chi connectivity index (χ0v) is 12.2. The predicted molar refractivity (Wildman–Crippen MR) is 81.3 cm³/mol. The summed E-state index contributed by atoms with van der Waals surface area (Å²) in [6.45, 7) is 2.71. The fourth-order valence-electron chi connectivity index (χ4n) is 1.77. The van der Waals surface area contributed by atoms with Crippen molar-refractivity contribution in [3.63, 3.8) is 0 Å². The topological polar surface area (TPSA) is 115 Å². The van der Waals surface area contributed by atoms with Crippen LogP contribution in [-0.4, -0.2) is 40.1 Å². The second-order valence-electron chi connectivity index (χ2n) is 4.44. The highest BCUT2D eigenvalue weighted by Crippen LogP contribution is 2.30. The Labute approximate surface area is 126 Å². The van der Waals surface area contributed by atoms with Gasteiger partial charge in [0.2, 0.25) is 11.6 Å². The Bertz CT molecular complexity index is 664. The van der Waals surface area contributed by atoms with E-state index in [4.69, 9.17) is 4.74 Å². The summed E-state index contributed by atoms with van der Waals surface area (Å²) in [5.74, 6) is 0.690. The van der Waals surface area contributed by atoms with Gasteiger partial charge in [0.25, 0.3) is 0 Å². The lowest BCUT2D eigenvalue weighted by molar-refractivity contribution is -0.383. The molecule has 0 aromatic carbocycles. The first-order valence-electron chi connectivity index (χ1n) is 6.53. The summed E-state index contributed by atoms with van der Waals surface area (Å²) in [5.41, 5.74) is 0.745. The smallest absolute Gasteiger partial charge is 0.353 e. The molecule has 0 spiro atoms. The number of nitrogens with one attached hydrogen (secondary N) is 2. The van der Waals surface area contributed by atoms with E-state index in [1.807, 2.05) is 13.0 Å². The first kappa shape index (κ1) is 15.6. The molecule has 2 aromatic heterocycles. The van der Waals surface area contributed by atoms with Crippen molar-refractivity contribution in [2.75, 3.05) is 30.9 Å². The van der Waals surface area contributed by atoms with Crippen molar-refractivity contribution >= 4 is 23.1 Å². The lowest BCUT2D eigenvalue weighted by Gasteiger charge is -2.09. The molecule has 2 N–H and O–H groups in total. The number of hydrogen-bond acceptors (Lipinski definition) is 8. The molecule has 22 heavy (non-hydrogen) atoms. The number of rotatable bonds is 7. The van der Waals surface area contributed by atoms with E-state index in [1.165, 1.54) is 6.33 Å². The molecule has 0 atom stereocenters. The first-order chi connectivity index (χ1) is 10.6. The minimum atomic E-state index is -0.534. The Kier molecular flexibility index (Phi) is 5.15. The molecule has 0 bridgehead atoms. The summed E-state index contributed by atoms with van der Waals surface area (Å²) < 4.78 is 4.90. The number of nitro groups is 1. The first-order valence-corrected chi connectivity index (χ1v) is 6.53. The number of hydrogen-bond donors (Lipinski definition) is 2. The Morgan fingerprint density at radius 2 is 2.09 bits per heavy atom. The van der Waals surface area contributed by atoms with E-state index in [0.717, 1.165) is 5.56 Å². The minimum absolute atomic E-state index is 0.0815. The molecule has 2 aromatic rings. The van der Waals surface area contributed by atoms with Crippen LogP contribution in [0.4, 0.5) is 23.1 Å². The van der Waals surface area contributed by atoms with E-state index >= 15 is 0 Å². The van der Waals surface area contributed by atoms with Crippen LogP contribution in [0.3, 0.4) is 0 Å². The number of anilines is 3. The molecule has 0 aliphatic rings.